The number of rotatable bonds is 4. The lowest BCUT2D eigenvalue weighted by molar-refractivity contribution is -0.140. The molecule has 1 aliphatic carbocycles. The lowest BCUT2D eigenvalue weighted by Crippen LogP contribution is -2.32. The van der Waals surface area contributed by atoms with Crippen LogP contribution in [0.4, 0.5) is 5.69 Å². The van der Waals surface area contributed by atoms with E-state index in [-0.39, 0.29) is 35.4 Å². The van der Waals surface area contributed by atoms with Gasteiger partial charge in [0.2, 0.25) is 0 Å². The molecule has 1 fully saturated rings. The van der Waals surface area contributed by atoms with Crippen molar-refractivity contribution in [2.75, 3.05) is 7.11 Å². The molecule has 0 heterocycles. The molecule has 0 aliphatic heterocycles. The van der Waals surface area contributed by atoms with Crippen LogP contribution in [0.5, 0.6) is 0 Å². The van der Waals surface area contributed by atoms with E-state index in [1.807, 2.05) is 45.0 Å². The van der Waals surface area contributed by atoms with Crippen molar-refractivity contribution in [1.29, 1.82) is 0 Å². The first-order valence-electron chi connectivity index (χ1n) is 8.38. The first-order chi connectivity index (χ1) is 11.7. The topological polar surface area (TPSA) is 76.0 Å². The molecular weight excluding hydrogens is 318 g/mol. The van der Waals surface area contributed by atoms with Gasteiger partial charge in [-0.2, -0.15) is 0 Å². The minimum absolute atomic E-state index is 0.0281. The summed E-state index contributed by atoms with van der Waals surface area (Å²) in [6.07, 6.45) is 1.03. The van der Waals surface area contributed by atoms with Gasteiger partial charge < -0.3 is 9.84 Å². The molecule has 0 amide bonds. The summed E-state index contributed by atoms with van der Waals surface area (Å²) in [6.45, 7) is 6.02. The van der Waals surface area contributed by atoms with Crippen LogP contribution in [0.3, 0.4) is 0 Å². The highest BCUT2D eigenvalue weighted by atomic mass is 16.5. The number of methoxy groups -OCH3 is 1. The van der Waals surface area contributed by atoms with E-state index in [1.165, 1.54) is 7.11 Å². The fourth-order valence-corrected chi connectivity index (χ4v) is 2.93. The summed E-state index contributed by atoms with van der Waals surface area (Å²) in [5.74, 6) is -0.644. The molecule has 5 nitrogen and oxygen atoms in total. The SMILES string of the molecule is COC(=O)CC/C(O)=C1\C(=O)CC(C)(C)CC1=Nc1ccc(C)cc1. The second-order valence-corrected chi connectivity index (χ2v) is 7.23. The number of aliphatic hydroxyl groups excluding tert-OH is 1. The summed E-state index contributed by atoms with van der Waals surface area (Å²) < 4.78 is 4.59. The largest absolute Gasteiger partial charge is 0.511 e. The Labute approximate surface area is 148 Å². The number of hydrogen-bond donors (Lipinski definition) is 1. The third-order valence-corrected chi connectivity index (χ3v) is 4.23. The summed E-state index contributed by atoms with van der Waals surface area (Å²) in [6, 6.07) is 7.68. The minimum Gasteiger partial charge on any atom is -0.511 e. The molecule has 0 radical (unpaired) electrons. The van der Waals surface area contributed by atoms with E-state index >= 15 is 0 Å². The van der Waals surface area contributed by atoms with E-state index in [0.29, 0.717) is 18.6 Å². The van der Waals surface area contributed by atoms with Crippen molar-refractivity contribution in [2.45, 2.75) is 46.5 Å². The Hall–Kier alpha value is -2.43. The van der Waals surface area contributed by atoms with E-state index in [4.69, 9.17) is 0 Å². The van der Waals surface area contributed by atoms with Crippen LogP contribution in [0.25, 0.3) is 0 Å². The fourth-order valence-electron chi connectivity index (χ4n) is 2.93. The lowest BCUT2D eigenvalue weighted by atomic mass is 9.73. The molecule has 1 N–H and O–H groups in total. The second kappa shape index (κ2) is 7.64. The molecule has 0 atom stereocenters. The maximum atomic E-state index is 12.6. The van der Waals surface area contributed by atoms with Crippen molar-refractivity contribution in [1.82, 2.24) is 0 Å². The highest BCUT2D eigenvalue weighted by molar-refractivity contribution is 6.25. The smallest absolute Gasteiger partial charge is 0.305 e. The van der Waals surface area contributed by atoms with Crippen LogP contribution in [-0.4, -0.2) is 29.7 Å². The Balaban J connectivity index is 2.40. The first kappa shape index (κ1) is 18.9. The van der Waals surface area contributed by atoms with Crippen LogP contribution in [0.1, 0.15) is 45.1 Å². The second-order valence-electron chi connectivity index (χ2n) is 7.23. The summed E-state index contributed by atoms with van der Waals surface area (Å²) >= 11 is 0. The van der Waals surface area contributed by atoms with Crippen LogP contribution < -0.4 is 0 Å². The molecule has 1 aliphatic rings. The number of carbonyl (C=O) groups is 2. The Bertz CT molecular complexity index is 727. The normalized spacial score (nSPS) is 20.5. The minimum atomic E-state index is -0.423. The van der Waals surface area contributed by atoms with Gasteiger partial charge in [-0.15, -0.1) is 0 Å². The van der Waals surface area contributed by atoms with Gasteiger partial charge in [0.1, 0.15) is 5.76 Å². The molecule has 0 spiro atoms. The van der Waals surface area contributed by atoms with Gasteiger partial charge in [0.25, 0.3) is 0 Å². The Morgan fingerprint density at radius 1 is 1.20 bits per heavy atom. The molecule has 0 unspecified atom stereocenters. The predicted octanol–water partition coefficient (Wildman–Crippen LogP) is 4.22. The quantitative estimate of drug-likeness (QED) is 0.504. The van der Waals surface area contributed by atoms with Crippen molar-refractivity contribution >= 4 is 23.2 Å². The Morgan fingerprint density at radius 3 is 2.44 bits per heavy atom. The number of aliphatic imine (C=N–C) groups is 1. The van der Waals surface area contributed by atoms with Crippen LogP contribution in [0.2, 0.25) is 0 Å². The molecular formula is C20H25NO4. The summed E-state index contributed by atoms with van der Waals surface area (Å²) in [7, 11) is 1.30. The molecule has 0 aromatic heterocycles. The van der Waals surface area contributed by atoms with E-state index in [1.54, 1.807) is 0 Å². The number of aliphatic hydroxyl groups is 1. The number of hydrogen-bond acceptors (Lipinski definition) is 5. The number of carbonyl (C=O) groups excluding carboxylic acids is 2. The van der Waals surface area contributed by atoms with Gasteiger partial charge in [-0.3, -0.25) is 14.6 Å². The highest BCUT2D eigenvalue weighted by Crippen LogP contribution is 2.36. The van der Waals surface area contributed by atoms with Crippen molar-refractivity contribution in [2.24, 2.45) is 10.4 Å². The van der Waals surface area contributed by atoms with Gasteiger partial charge in [0.05, 0.1) is 30.5 Å². The number of ether oxygens (including phenoxy) is 1. The number of ketones is 1. The van der Waals surface area contributed by atoms with Gasteiger partial charge in [-0.1, -0.05) is 31.5 Å². The van der Waals surface area contributed by atoms with Crippen LogP contribution in [0.15, 0.2) is 40.6 Å². The number of allylic oxidation sites excluding steroid dienone is 2. The third-order valence-electron chi connectivity index (χ3n) is 4.23. The zero-order valence-electron chi connectivity index (χ0n) is 15.3. The molecule has 25 heavy (non-hydrogen) atoms. The number of benzene rings is 1. The lowest BCUT2D eigenvalue weighted by Gasteiger charge is -2.31. The molecule has 0 bridgehead atoms. The van der Waals surface area contributed by atoms with E-state index in [0.717, 1.165) is 11.3 Å². The fraction of sp³-hybridized carbons (Fsp3) is 0.450. The van der Waals surface area contributed by atoms with Crippen LogP contribution >= 0.6 is 0 Å². The summed E-state index contributed by atoms with van der Waals surface area (Å²) in [5, 5.41) is 10.4. The molecule has 2 rings (SSSR count). The zero-order chi connectivity index (χ0) is 18.6. The predicted molar refractivity (Wildman–Crippen MR) is 97.2 cm³/mol. The Kier molecular flexibility index (Phi) is 5.77. The average Bonchev–Trinajstić information content (AvgIpc) is 2.53. The monoisotopic (exact) mass is 343 g/mol. The molecule has 0 saturated heterocycles. The van der Waals surface area contributed by atoms with Crippen molar-refractivity contribution in [3.05, 3.63) is 41.2 Å². The van der Waals surface area contributed by atoms with E-state index in [2.05, 4.69) is 9.73 Å². The van der Waals surface area contributed by atoms with E-state index < -0.39 is 5.97 Å². The third kappa shape index (κ3) is 5.02. The standard InChI is InChI=1S/C20H25NO4/c1-13-5-7-14(8-6-13)21-15-11-20(2,3)12-17(23)19(15)16(22)9-10-18(24)25-4/h5-8,22H,9-12H2,1-4H3/b19-16+,21-15?. The van der Waals surface area contributed by atoms with Gasteiger partial charge in [-0.05, 0) is 30.9 Å². The van der Waals surface area contributed by atoms with Crippen molar-refractivity contribution < 1.29 is 19.4 Å². The summed E-state index contributed by atoms with van der Waals surface area (Å²) in [5.41, 5.74) is 2.48. The first-order valence-corrected chi connectivity index (χ1v) is 8.38. The molecule has 5 heteroatoms. The highest BCUT2D eigenvalue weighted by Gasteiger charge is 2.36. The molecule has 1 aromatic carbocycles. The number of Topliss-reactive ketones (excluding diaryl/α,β-unsaturated/α-hetero) is 1. The van der Waals surface area contributed by atoms with Gasteiger partial charge >= 0.3 is 5.97 Å². The summed E-state index contributed by atoms with van der Waals surface area (Å²) in [4.78, 5) is 28.5. The van der Waals surface area contributed by atoms with Crippen LogP contribution in [-0.2, 0) is 14.3 Å². The zero-order valence-corrected chi connectivity index (χ0v) is 15.3. The number of esters is 1. The maximum Gasteiger partial charge on any atom is 0.305 e. The maximum absolute atomic E-state index is 12.6. The molecule has 1 saturated carbocycles. The van der Waals surface area contributed by atoms with Crippen molar-refractivity contribution in [3.63, 3.8) is 0 Å². The van der Waals surface area contributed by atoms with Gasteiger partial charge in [0.15, 0.2) is 5.78 Å². The number of nitrogens with zero attached hydrogens (tertiary/aromatic N) is 1. The Morgan fingerprint density at radius 2 is 1.84 bits per heavy atom. The molecule has 134 valence electrons. The van der Waals surface area contributed by atoms with E-state index in [9.17, 15) is 14.7 Å². The average molecular weight is 343 g/mol. The number of aryl methyl sites for hydroxylation is 1. The van der Waals surface area contributed by atoms with Gasteiger partial charge in [-0.25, -0.2) is 0 Å². The van der Waals surface area contributed by atoms with Gasteiger partial charge in [0, 0.05) is 12.8 Å². The molecule has 1 aromatic rings. The van der Waals surface area contributed by atoms with Crippen LogP contribution in [0, 0.1) is 12.3 Å². The van der Waals surface area contributed by atoms with Crippen molar-refractivity contribution in [3.8, 4) is 0 Å².